The molecule has 14 heteroatoms. The molecule has 2 N–H and O–H groups in total. The molecule has 0 spiro atoms. The molecule has 1 fully saturated rings. The molecule has 0 saturated carbocycles. The van der Waals surface area contributed by atoms with Crippen molar-refractivity contribution in [3.8, 4) is 0 Å². The standard InChI is InChI=1S/C12H10N8O4S2/c21-6(1-19-3-13-17-18-19)15-7-10(22)20-8(12(23)24)5(2-25-11(7)20)9-16-14-4-26-9/h3-4,7,11H,1-2H2,(H,15,21)(H,23,24)/t7?,11-/m1/s1. The SMILES string of the molecule is O=C(Cn1cnnn1)NC1C(=O)N2C(C(=O)O)=C(c3nncs3)CS[C@H]12. The molecule has 2 aromatic rings. The highest BCUT2D eigenvalue weighted by molar-refractivity contribution is 8.00. The molecule has 4 rings (SSSR count). The highest BCUT2D eigenvalue weighted by atomic mass is 32.2. The number of rotatable bonds is 5. The number of carbonyl (C=O) groups is 3. The normalized spacial score (nSPS) is 22.0. The minimum absolute atomic E-state index is 0.110. The number of thioether (sulfide) groups is 1. The predicted octanol–water partition coefficient (Wildman–Crippen LogP) is -1.58. The number of β-lactam (4-membered cyclic amide) rings is 1. The van der Waals surface area contributed by atoms with E-state index in [1.165, 1.54) is 44.5 Å². The molecule has 1 saturated heterocycles. The number of nitrogens with one attached hydrogen (secondary N) is 1. The van der Waals surface area contributed by atoms with Gasteiger partial charge in [0.25, 0.3) is 5.91 Å². The van der Waals surface area contributed by atoms with E-state index >= 15 is 0 Å². The quantitative estimate of drug-likeness (QED) is 0.567. The summed E-state index contributed by atoms with van der Waals surface area (Å²) in [6.45, 7) is -0.133. The molecule has 0 aliphatic carbocycles. The Balaban J connectivity index is 1.52. The van der Waals surface area contributed by atoms with Crippen molar-refractivity contribution in [1.82, 2.24) is 40.6 Å². The van der Waals surface area contributed by atoms with Gasteiger partial charge in [-0.05, 0) is 10.4 Å². The summed E-state index contributed by atoms with van der Waals surface area (Å²) in [6, 6.07) is -0.797. The van der Waals surface area contributed by atoms with E-state index in [2.05, 4.69) is 31.0 Å². The molecule has 0 radical (unpaired) electrons. The molecular weight excluding hydrogens is 384 g/mol. The van der Waals surface area contributed by atoms with Crippen LogP contribution in [0.15, 0.2) is 17.5 Å². The number of tetrazole rings is 1. The van der Waals surface area contributed by atoms with Crippen LogP contribution in [0.25, 0.3) is 5.57 Å². The van der Waals surface area contributed by atoms with Gasteiger partial charge >= 0.3 is 5.97 Å². The third-order valence-electron chi connectivity index (χ3n) is 3.80. The fourth-order valence-corrected chi connectivity index (χ4v) is 4.74. The van der Waals surface area contributed by atoms with Gasteiger partial charge in [-0.15, -0.1) is 38.4 Å². The van der Waals surface area contributed by atoms with Crippen molar-refractivity contribution in [2.45, 2.75) is 18.0 Å². The number of aromatic nitrogens is 6. The summed E-state index contributed by atoms with van der Waals surface area (Å²) in [5.74, 6) is -1.78. The zero-order chi connectivity index (χ0) is 18.3. The second kappa shape index (κ2) is 6.45. The van der Waals surface area contributed by atoms with Crippen LogP contribution in [-0.2, 0) is 20.9 Å². The Morgan fingerprint density at radius 3 is 2.88 bits per heavy atom. The highest BCUT2D eigenvalue weighted by Gasteiger charge is 2.54. The first-order valence-electron chi connectivity index (χ1n) is 7.24. The van der Waals surface area contributed by atoms with Crippen LogP contribution >= 0.6 is 23.1 Å². The Bertz CT molecular complexity index is 896. The monoisotopic (exact) mass is 394 g/mol. The molecule has 26 heavy (non-hydrogen) atoms. The van der Waals surface area contributed by atoms with Crippen molar-refractivity contribution < 1.29 is 19.5 Å². The van der Waals surface area contributed by atoms with Crippen LogP contribution in [0.5, 0.6) is 0 Å². The summed E-state index contributed by atoms with van der Waals surface area (Å²) in [5.41, 5.74) is 1.84. The largest absolute Gasteiger partial charge is 0.477 e. The van der Waals surface area contributed by atoms with E-state index < -0.39 is 29.2 Å². The minimum atomic E-state index is -1.22. The lowest BCUT2D eigenvalue weighted by Crippen LogP contribution is -2.70. The molecule has 2 atom stereocenters. The molecule has 1 unspecified atom stereocenters. The van der Waals surface area contributed by atoms with Crippen molar-refractivity contribution in [3.63, 3.8) is 0 Å². The topological polar surface area (TPSA) is 156 Å². The maximum Gasteiger partial charge on any atom is 0.353 e. The van der Waals surface area contributed by atoms with E-state index in [1.54, 1.807) is 0 Å². The summed E-state index contributed by atoms with van der Waals surface area (Å²) in [5, 5.41) is 30.2. The van der Waals surface area contributed by atoms with Gasteiger partial charge in [-0.3, -0.25) is 14.5 Å². The van der Waals surface area contributed by atoms with Gasteiger partial charge in [0.2, 0.25) is 5.91 Å². The lowest BCUT2D eigenvalue weighted by atomic mass is 10.0. The lowest BCUT2D eigenvalue weighted by molar-refractivity contribution is -0.150. The number of hydrogen-bond donors (Lipinski definition) is 2. The third-order valence-corrected chi connectivity index (χ3v) is 5.83. The van der Waals surface area contributed by atoms with Crippen molar-refractivity contribution in [2.75, 3.05) is 5.75 Å². The van der Waals surface area contributed by atoms with Crippen LogP contribution in [0.4, 0.5) is 0 Å². The van der Waals surface area contributed by atoms with E-state index in [4.69, 9.17) is 0 Å². The first-order chi connectivity index (χ1) is 12.6. The smallest absolute Gasteiger partial charge is 0.353 e. The number of carboxylic acid groups (broad SMARTS) is 1. The van der Waals surface area contributed by atoms with Gasteiger partial charge in [0.05, 0.1) is 0 Å². The zero-order valence-electron chi connectivity index (χ0n) is 12.8. The second-order valence-electron chi connectivity index (χ2n) is 5.34. The fraction of sp³-hybridized carbons (Fsp3) is 0.333. The van der Waals surface area contributed by atoms with Crippen molar-refractivity contribution >= 4 is 46.5 Å². The van der Waals surface area contributed by atoms with Crippen LogP contribution in [0, 0.1) is 0 Å². The summed E-state index contributed by atoms with van der Waals surface area (Å²) in [7, 11) is 0. The maximum absolute atomic E-state index is 12.5. The Hall–Kier alpha value is -2.87. The number of fused-ring (bicyclic) bond motifs is 1. The summed E-state index contributed by atoms with van der Waals surface area (Å²) < 4.78 is 1.22. The van der Waals surface area contributed by atoms with Gasteiger partial charge in [0, 0.05) is 11.3 Å². The molecule has 4 heterocycles. The number of carboxylic acids is 1. The summed E-state index contributed by atoms with van der Waals surface area (Å²) in [6.07, 6.45) is 1.28. The van der Waals surface area contributed by atoms with E-state index in [9.17, 15) is 19.5 Å². The molecule has 0 bridgehead atoms. The van der Waals surface area contributed by atoms with E-state index in [0.717, 1.165) is 0 Å². The number of amides is 2. The van der Waals surface area contributed by atoms with Gasteiger partial charge in [0.1, 0.15) is 40.5 Å². The number of hydrogen-bond acceptors (Lipinski definition) is 10. The zero-order valence-corrected chi connectivity index (χ0v) is 14.5. The minimum Gasteiger partial charge on any atom is -0.477 e. The fourth-order valence-electron chi connectivity index (χ4n) is 2.71. The van der Waals surface area contributed by atoms with E-state index in [-0.39, 0.29) is 12.2 Å². The Kier molecular flexibility index (Phi) is 4.12. The molecule has 0 aromatic carbocycles. The lowest BCUT2D eigenvalue weighted by Gasteiger charge is -2.49. The molecule has 2 aliphatic rings. The predicted molar refractivity (Wildman–Crippen MR) is 87.3 cm³/mol. The first-order valence-corrected chi connectivity index (χ1v) is 9.17. The highest BCUT2D eigenvalue weighted by Crippen LogP contribution is 2.43. The average Bonchev–Trinajstić information content (AvgIpc) is 3.32. The molecule has 134 valence electrons. The summed E-state index contributed by atoms with van der Waals surface area (Å²) >= 11 is 2.57. The van der Waals surface area contributed by atoms with Crippen LogP contribution in [0.2, 0.25) is 0 Å². The Morgan fingerprint density at radius 2 is 2.23 bits per heavy atom. The Morgan fingerprint density at radius 1 is 1.38 bits per heavy atom. The third kappa shape index (κ3) is 2.72. The van der Waals surface area contributed by atoms with Crippen molar-refractivity contribution in [1.29, 1.82) is 0 Å². The molecule has 2 amide bonds. The van der Waals surface area contributed by atoms with Crippen LogP contribution in [0.3, 0.4) is 0 Å². The average molecular weight is 394 g/mol. The van der Waals surface area contributed by atoms with Crippen molar-refractivity contribution in [2.24, 2.45) is 0 Å². The molecule has 12 nitrogen and oxygen atoms in total. The van der Waals surface area contributed by atoms with Gasteiger partial charge < -0.3 is 10.4 Å². The number of nitrogens with zero attached hydrogens (tertiary/aromatic N) is 7. The first kappa shape index (κ1) is 16.6. The van der Waals surface area contributed by atoms with Gasteiger partial charge in [0.15, 0.2) is 0 Å². The van der Waals surface area contributed by atoms with Gasteiger partial charge in [-0.1, -0.05) is 0 Å². The number of aliphatic carboxylic acids is 1. The summed E-state index contributed by atoms with van der Waals surface area (Å²) in [4.78, 5) is 37.4. The second-order valence-corrected chi connectivity index (χ2v) is 7.28. The van der Waals surface area contributed by atoms with E-state index in [0.29, 0.717) is 16.3 Å². The van der Waals surface area contributed by atoms with Crippen LogP contribution in [0.1, 0.15) is 5.01 Å². The van der Waals surface area contributed by atoms with Gasteiger partial charge in [-0.25, -0.2) is 9.48 Å². The van der Waals surface area contributed by atoms with Gasteiger partial charge in [-0.2, -0.15) is 0 Å². The Labute approximate surface area is 153 Å². The molecule has 2 aliphatic heterocycles. The maximum atomic E-state index is 12.5. The molecule has 2 aromatic heterocycles. The van der Waals surface area contributed by atoms with Crippen LogP contribution in [-0.4, -0.2) is 75.4 Å². The van der Waals surface area contributed by atoms with Crippen molar-refractivity contribution in [3.05, 3.63) is 22.5 Å². The molecular formula is C12H10N8O4S2. The van der Waals surface area contributed by atoms with Crippen LogP contribution < -0.4 is 5.32 Å². The van der Waals surface area contributed by atoms with E-state index in [1.807, 2.05) is 0 Å². The number of carbonyl (C=O) groups excluding carboxylic acids is 2.